The molecule has 3 heterocycles. The van der Waals surface area contributed by atoms with Gasteiger partial charge in [-0.15, -0.1) is 11.3 Å². The molecule has 29 heavy (non-hydrogen) atoms. The number of ether oxygens (including phenoxy) is 2. The summed E-state index contributed by atoms with van der Waals surface area (Å²) >= 11 is 1.71. The molecule has 2 aromatic rings. The fourth-order valence-electron chi connectivity index (χ4n) is 3.88. The van der Waals surface area contributed by atoms with Crippen LogP contribution in [0.4, 0.5) is 4.39 Å². The SMILES string of the molecule is Cc1csc(CN2CCC(N3C[C@H](COc4ccc(F)cc4)OCC3=O)CC2)n1. The molecule has 0 saturated carbocycles. The van der Waals surface area contributed by atoms with Gasteiger partial charge in [0.05, 0.1) is 13.1 Å². The molecule has 6 nitrogen and oxygen atoms in total. The summed E-state index contributed by atoms with van der Waals surface area (Å²) in [7, 11) is 0. The molecule has 2 saturated heterocycles. The molecule has 156 valence electrons. The molecule has 1 atom stereocenters. The first-order valence-corrected chi connectivity index (χ1v) is 10.9. The Kier molecular flexibility index (Phi) is 6.42. The van der Waals surface area contributed by atoms with E-state index in [9.17, 15) is 9.18 Å². The smallest absolute Gasteiger partial charge is 0.248 e. The maximum absolute atomic E-state index is 13.0. The van der Waals surface area contributed by atoms with E-state index in [4.69, 9.17) is 9.47 Å². The van der Waals surface area contributed by atoms with Crippen molar-refractivity contribution >= 4 is 17.2 Å². The van der Waals surface area contributed by atoms with Gasteiger partial charge in [-0.1, -0.05) is 0 Å². The second-order valence-electron chi connectivity index (χ2n) is 7.63. The zero-order valence-corrected chi connectivity index (χ0v) is 17.4. The summed E-state index contributed by atoms with van der Waals surface area (Å²) in [6.07, 6.45) is 1.75. The van der Waals surface area contributed by atoms with Gasteiger partial charge in [-0.2, -0.15) is 0 Å². The number of morpholine rings is 1. The van der Waals surface area contributed by atoms with E-state index in [1.54, 1.807) is 23.5 Å². The lowest BCUT2D eigenvalue weighted by Gasteiger charge is -2.42. The number of nitrogens with zero attached hydrogens (tertiary/aromatic N) is 3. The molecule has 8 heteroatoms. The van der Waals surface area contributed by atoms with E-state index in [1.807, 2.05) is 11.8 Å². The van der Waals surface area contributed by atoms with Crippen LogP contribution in [0, 0.1) is 12.7 Å². The van der Waals surface area contributed by atoms with Crippen molar-refractivity contribution in [2.75, 3.05) is 32.8 Å². The predicted molar refractivity (Wildman–Crippen MR) is 108 cm³/mol. The normalized spacial score (nSPS) is 21.5. The Labute approximate surface area is 174 Å². The van der Waals surface area contributed by atoms with Crippen molar-refractivity contribution in [3.05, 3.63) is 46.2 Å². The fourth-order valence-corrected chi connectivity index (χ4v) is 4.69. The van der Waals surface area contributed by atoms with Crippen LogP contribution in [0.25, 0.3) is 0 Å². The molecule has 1 aromatic carbocycles. The van der Waals surface area contributed by atoms with Gasteiger partial charge in [0.25, 0.3) is 0 Å². The second kappa shape index (κ2) is 9.19. The molecule has 0 radical (unpaired) electrons. The molecular weight excluding hydrogens is 393 g/mol. The number of amides is 1. The minimum atomic E-state index is -0.292. The fraction of sp³-hybridized carbons (Fsp3) is 0.524. The molecule has 1 aromatic heterocycles. The van der Waals surface area contributed by atoms with Crippen molar-refractivity contribution < 1.29 is 18.7 Å². The van der Waals surface area contributed by atoms with Crippen molar-refractivity contribution in [1.29, 1.82) is 0 Å². The van der Waals surface area contributed by atoms with Crippen molar-refractivity contribution in [3.8, 4) is 5.75 Å². The van der Waals surface area contributed by atoms with Crippen LogP contribution in [0.1, 0.15) is 23.5 Å². The Balaban J connectivity index is 1.26. The quantitative estimate of drug-likeness (QED) is 0.721. The lowest BCUT2D eigenvalue weighted by Crippen LogP contribution is -2.55. The van der Waals surface area contributed by atoms with E-state index in [1.165, 1.54) is 12.1 Å². The zero-order chi connectivity index (χ0) is 20.2. The summed E-state index contributed by atoms with van der Waals surface area (Å²) < 4.78 is 24.4. The molecule has 2 aliphatic heterocycles. The molecule has 0 bridgehead atoms. The average molecular weight is 420 g/mol. The Morgan fingerprint density at radius 2 is 2.03 bits per heavy atom. The number of carbonyl (C=O) groups is 1. The maximum atomic E-state index is 13.0. The standard InChI is InChI=1S/C21H26FN3O3S/c1-15-14-29-20(23-15)11-24-8-6-17(7-9-24)25-10-19(28-13-21(25)26)12-27-18-4-2-16(22)3-5-18/h2-5,14,17,19H,6-13H2,1H3/t19-/m1/s1. The summed E-state index contributed by atoms with van der Waals surface area (Å²) in [5.41, 5.74) is 1.08. The number of piperidine rings is 1. The van der Waals surface area contributed by atoms with Crippen LogP contribution in [0.3, 0.4) is 0 Å². The molecule has 4 rings (SSSR count). The van der Waals surface area contributed by atoms with Crippen LogP contribution in [0.2, 0.25) is 0 Å². The number of hydrogen-bond acceptors (Lipinski definition) is 6. The lowest BCUT2D eigenvalue weighted by molar-refractivity contribution is -0.155. The van der Waals surface area contributed by atoms with E-state index < -0.39 is 0 Å². The van der Waals surface area contributed by atoms with Gasteiger partial charge in [-0.25, -0.2) is 9.37 Å². The first-order valence-electron chi connectivity index (χ1n) is 9.99. The van der Waals surface area contributed by atoms with Gasteiger partial charge in [0.1, 0.15) is 35.9 Å². The summed E-state index contributed by atoms with van der Waals surface area (Å²) in [5.74, 6) is 0.362. The maximum Gasteiger partial charge on any atom is 0.248 e. The van der Waals surface area contributed by atoms with Gasteiger partial charge in [-0.05, 0) is 44.0 Å². The highest BCUT2D eigenvalue weighted by atomic mass is 32.1. The predicted octanol–water partition coefficient (Wildman–Crippen LogP) is 2.86. The van der Waals surface area contributed by atoms with Gasteiger partial charge in [0.15, 0.2) is 0 Å². The first-order chi connectivity index (χ1) is 14.1. The van der Waals surface area contributed by atoms with Crippen molar-refractivity contribution in [2.45, 2.75) is 38.5 Å². The lowest BCUT2D eigenvalue weighted by atomic mass is 10.0. The van der Waals surface area contributed by atoms with E-state index in [-0.39, 0.29) is 30.5 Å². The van der Waals surface area contributed by atoms with Gasteiger partial charge in [0.2, 0.25) is 5.91 Å². The van der Waals surface area contributed by atoms with Crippen molar-refractivity contribution in [1.82, 2.24) is 14.8 Å². The Bertz CT molecular complexity index is 821. The number of likely N-dealkylation sites (tertiary alicyclic amines) is 1. The van der Waals surface area contributed by atoms with Crippen molar-refractivity contribution in [3.63, 3.8) is 0 Å². The summed E-state index contributed by atoms with van der Waals surface area (Å²) in [6.45, 7) is 5.81. The van der Waals surface area contributed by atoms with Gasteiger partial charge in [0, 0.05) is 30.2 Å². The minimum absolute atomic E-state index is 0.0528. The van der Waals surface area contributed by atoms with Crippen molar-refractivity contribution in [2.24, 2.45) is 0 Å². The summed E-state index contributed by atoms with van der Waals surface area (Å²) in [4.78, 5) is 21.3. The second-order valence-corrected chi connectivity index (χ2v) is 8.58. The number of aryl methyl sites for hydroxylation is 1. The first kappa shape index (κ1) is 20.3. The number of carbonyl (C=O) groups excluding carboxylic acids is 1. The molecule has 0 spiro atoms. The third-order valence-electron chi connectivity index (χ3n) is 5.44. The molecule has 1 amide bonds. The summed E-state index contributed by atoms with van der Waals surface area (Å²) in [6, 6.07) is 6.18. The van der Waals surface area contributed by atoms with Crippen LogP contribution in [-0.4, -0.2) is 65.7 Å². The van der Waals surface area contributed by atoms with E-state index in [2.05, 4.69) is 15.3 Å². The molecule has 2 fully saturated rings. The molecule has 0 N–H and O–H groups in total. The Morgan fingerprint density at radius 3 is 2.72 bits per heavy atom. The number of halogens is 1. The highest BCUT2D eigenvalue weighted by molar-refractivity contribution is 7.09. The monoisotopic (exact) mass is 419 g/mol. The van der Waals surface area contributed by atoms with E-state index >= 15 is 0 Å². The largest absolute Gasteiger partial charge is 0.491 e. The van der Waals surface area contributed by atoms with Gasteiger partial charge < -0.3 is 14.4 Å². The Hall–Kier alpha value is -2.03. The highest BCUT2D eigenvalue weighted by Gasteiger charge is 2.34. The minimum Gasteiger partial charge on any atom is -0.491 e. The third-order valence-corrected chi connectivity index (χ3v) is 6.39. The Morgan fingerprint density at radius 1 is 1.28 bits per heavy atom. The summed E-state index contributed by atoms with van der Waals surface area (Å²) in [5, 5.41) is 3.24. The van der Waals surface area contributed by atoms with Gasteiger partial charge >= 0.3 is 0 Å². The van der Waals surface area contributed by atoms with E-state index in [0.29, 0.717) is 18.9 Å². The highest BCUT2D eigenvalue weighted by Crippen LogP contribution is 2.22. The van der Waals surface area contributed by atoms with E-state index in [0.717, 1.165) is 43.2 Å². The number of aromatic nitrogens is 1. The molecular formula is C21H26FN3O3S. The number of benzene rings is 1. The van der Waals surface area contributed by atoms with Crippen LogP contribution in [0.5, 0.6) is 5.75 Å². The van der Waals surface area contributed by atoms with Crippen LogP contribution in [-0.2, 0) is 16.1 Å². The average Bonchev–Trinajstić information content (AvgIpc) is 3.14. The van der Waals surface area contributed by atoms with Crippen LogP contribution in [0.15, 0.2) is 29.6 Å². The molecule has 0 aliphatic carbocycles. The zero-order valence-electron chi connectivity index (χ0n) is 16.6. The third kappa shape index (κ3) is 5.32. The molecule has 2 aliphatic rings. The topological polar surface area (TPSA) is 54.9 Å². The van der Waals surface area contributed by atoms with Crippen LogP contribution < -0.4 is 4.74 Å². The number of rotatable bonds is 6. The molecule has 0 unspecified atom stereocenters. The van der Waals surface area contributed by atoms with Gasteiger partial charge in [-0.3, -0.25) is 9.69 Å². The number of thiazole rings is 1. The number of hydrogen-bond donors (Lipinski definition) is 0. The van der Waals surface area contributed by atoms with Crippen LogP contribution >= 0.6 is 11.3 Å².